The molecule has 1 heterocycles. The van der Waals surface area contributed by atoms with Gasteiger partial charge in [-0.15, -0.1) is 0 Å². The van der Waals surface area contributed by atoms with Gasteiger partial charge in [-0.2, -0.15) is 0 Å². The Balaban J connectivity index is 1.77. The van der Waals surface area contributed by atoms with Crippen molar-refractivity contribution in [3.05, 3.63) is 48.0 Å². The molecule has 0 aliphatic carbocycles. The summed E-state index contributed by atoms with van der Waals surface area (Å²) in [5.41, 5.74) is 1.31. The molecule has 1 saturated heterocycles. The van der Waals surface area contributed by atoms with Gasteiger partial charge in [0.1, 0.15) is 0 Å². The number of hydrogen-bond donors (Lipinski definition) is 0. The molecule has 4 nitrogen and oxygen atoms in total. The zero-order chi connectivity index (χ0) is 16.4. The third kappa shape index (κ3) is 3.74. The van der Waals surface area contributed by atoms with E-state index in [9.17, 15) is 8.42 Å². The van der Waals surface area contributed by atoms with Gasteiger partial charge in [-0.1, -0.05) is 42.5 Å². The number of benzene rings is 2. The summed E-state index contributed by atoms with van der Waals surface area (Å²) in [5, 5.41) is 2.54. The lowest BCUT2D eigenvalue weighted by Gasteiger charge is -2.36. The first-order chi connectivity index (χ1) is 10.9. The average molecular weight is 332 g/mol. The second-order valence-corrected chi connectivity index (χ2v) is 8.49. The van der Waals surface area contributed by atoms with Gasteiger partial charge >= 0.3 is 0 Å². The normalized spacial score (nSPS) is 20.2. The fourth-order valence-electron chi connectivity index (χ4n) is 3.41. The Morgan fingerprint density at radius 2 is 1.91 bits per heavy atom. The lowest BCUT2D eigenvalue weighted by molar-refractivity contribution is 0.154. The van der Waals surface area contributed by atoms with Gasteiger partial charge in [0.25, 0.3) is 0 Å². The number of fused-ring (bicyclic) bond motifs is 1. The Hall–Kier alpha value is -1.43. The molecular formula is C18H24N2O2S. The van der Waals surface area contributed by atoms with Gasteiger partial charge in [-0.3, -0.25) is 4.90 Å². The van der Waals surface area contributed by atoms with Crippen LogP contribution in [0.4, 0.5) is 0 Å². The summed E-state index contributed by atoms with van der Waals surface area (Å²) in [4.78, 5) is 2.37. The van der Waals surface area contributed by atoms with Gasteiger partial charge in [0, 0.05) is 26.2 Å². The quantitative estimate of drug-likeness (QED) is 0.864. The van der Waals surface area contributed by atoms with E-state index in [1.54, 1.807) is 7.05 Å². The van der Waals surface area contributed by atoms with Crippen LogP contribution in [0.2, 0.25) is 0 Å². The van der Waals surface area contributed by atoms with Gasteiger partial charge in [-0.05, 0) is 35.7 Å². The van der Waals surface area contributed by atoms with Crippen LogP contribution in [0.15, 0.2) is 42.5 Å². The van der Waals surface area contributed by atoms with E-state index in [1.165, 1.54) is 26.9 Å². The highest BCUT2D eigenvalue weighted by atomic mass is 32.2. The third-order valence-corrected chi connectivity index (χ3v) is 6.14. The van der Waals surface area contributed by atoms with Crippen LogP contribution in [-0.4, -0.2) is 50.1 Å². The van der Waals surface area contributed by atoms with Crippen molar-refractivity contribution >= 4 is 20.8 Å². The zero-order valence-electron chi connectivity index (χ0n) is 13.8. The van der Waals surface area contributed by atoms with Crippen molar-refractivity contribution in [2.24, 2.45) is 0 Å². The lowest BCUT2D eigenvalue weighted by atomic mass is 10.0. The highest BCUT2D eigenvalue weighted by molar-refractivity contribution is 7.88. The molecule has 0 bridgehead atoms. The van der Waals surface area contributed by atoms with Crippen molar-refractivity contribution < 1.29 is 8.42 Å². The number of likely N-dealkylation sites (tertiary alicyclic amines) is 1. The SMILES string of the molecule is CN(C1CCCN(Cc2cccc3ccccc23)C1)S(C)(=O)=O. The Morgan fingerprint density at radius 3 is 2.70 bits per heavy atom. The molecule has 5 heteroatoms. The van der Waals surface area contributed by atoms with Crippen molar-refractivity contribution in [2.75, 3.05) is 26.4 Å². The van der Waals surface area contributed by atoms with Crippen molar-refractivity contribution in [1.29, 1.82) is 0 Å². The molecule has 124 valence electrons. The van der Waals surface area contributed by atoms with Crippen LogP contribution < -0.4 is 0 Å². The molecule has 1 atom stereocenters. The van der Waals surface area contributed by atoms with Crippen LogP contribution in [0.1, 0.15) is 18.4 Å². The summed E-state index contributed by atoms with van der Waals surface area (Å²) < 4.78 is 25.1. The van der Waals surface area contributed by atoms with E-state index >= 15 is 0 Å². The van der Waals surface area contributed by atoms with E-state index < -0.39 is 10.0 Å². The van der Waals surface area contributed by atoms with E-state index in [0.29, 0.717) is 0 Å². The highest BCUT2D eigenvalue weighted by Crippen LogP contribution is 2.23. The highest BCUT2D eigenvalue weighted by Gasteiger charge is 2.27. The first kappa shape index (κ1) is 16.4. The molecule has 0 amide bonds. The molecule has 1 fully saturated rings. The molecule has 1 unspecified atom stereocenters. The summed E-state index contributed by atoms with van der Waals surface area (Å²) in [5.74, 6) is 0. The topological polar surface area (TPSA) is 40.6 Å². The van der Waals surface area contributed by atoms with Crippen LogP contribution in [-0.2, 0) is 16.6 Å². The predicted octanol–water partition coefficient (Wildman–Crippen LogP) is 2.70. The maximum atomic E-state index is 11.8. The molecule has 1 aliphatic heterocycles. The minimum Gasteiger partial charge on any atom is -0.297 e. The molecule has 0 aromatic heterocycles. The van der Waals surface area contributed by atoms with Crippen LogP contribution >= 0.6 is 0 Å². The van der Waals surface area contributed by atoms with Crippen LogP contribution in [0.25, 0.3) is 10.8 Å². The molecular weight excluding hydrogens is 308 g/mol. The van der Waals surface area contributed by atoms with Crippen molar-refractivity contribution in [3.8, 4) is 0 Å². The van der Waals surface area contributed by atoms with Gasteiger partial charge in [0.15, 0.2) is 0 Å². The Bertz CT molecular complexity index is 783. The maximum absolute atomic E-state index is 11.8. The van der Waals surface area contributed by atoms with Gasteiger partial charge in [0.05, 0.1) is 6.26 Å². The molecule has 3 rings (SSSR count). The maximum Gasteiger partial charge on any atom is 0.211 e. The summed E-state index contributed by atoms with van der Waals surface area (Å²) >= 11 is 0. The second-order valence-electron chi connectivity index (χ2n) is 6.45. The number of hydrogen-bond acceptors (Lipinski definition) is 3. The standard InChI is InChI=1S/C18H24N2O2S/c1-19(23(2,21)22)17-10-6-12-20(14-17)13-16-9-5-8-15-7-3-4-11-18(15)16/h3-5,7-9,11,17H,6,10,12-14H2,1-2H3. The predicted molar refractivity (Wildman–Crippen MR) is 94.9 cm³/mol. The van der Waals surface area contributed by atoms with Gasteiger partial charge in [-0.25, -0.2) is 12.7 Å². The number of nitrogens with zero attached hydrogens (tertiary/aromatic N) is 2. The summed E-state index contributed by atoms with van der Waals surface area (Å²) in [6.45, 7) is 2.69. The van der Waals surface area contributed by atoms with E-state index in [2.05, 4.69) is 47.4 Å². The monoisotopic (exact) mass is 332 g/mol. The number of likely N-dealkylation sites (N-methyl/N-ethyl adjacent to an activating group) is 1. The Kier molecular flexibility index (Phi) is 4.71. The molecule has 0 spiro atoms. The summed E-state index contributed by atoms with van der Waals surface area (Å²) in [6.07, 6.45) is 3.27. The van der Waals surface area contributed by atoms with Crippen molar-refractivity contribution in [2.45, 2.75) is 25.4 Å². The molecule has 1 aliphatic rings. The van der Waals surface area contributed by atoms with E-state index in [4.69, 9.17) is 0 Å². The van der Waals surface area contributed by atoms with E-state index in [0.717, 1.165) is 32.5 Å². The summed E-state index contributed by atoms with van der Waals surface area (Å²) in [7, 11) is -1.43. The number of piperidine rings is 1. The Morgan fingerprint density at radius 1 is 1.17 bits per heavy atom. The lowest BCUT2D eigenvalue weighted by Crippen LogP contribution is -2.47. The average Bonchev–Trinajstić information content (AvgIpc) is 2.54. The molecule has 0 radical (unpaired) electrons. The van der Waals surface area contributed by atoms with Crippen LogP contribution in [0.3, 0.4) is 0 Å². The second kappa shape index (κ2) is 6.59. The van der Waals surface area contributed by atoms with Crippen molar-refractivity contribution in [3.63, 3.8) is 0 Å². The fourth-order valence-corrected chi connectivity index (χ4v) is 4.13. The van der Waals surface area contributed by atoms with E-state index in [-0.39, 0.29) is 6.04 Å². The Labute approximate surface area is 138 Å². The van der Waals surface area contributed by atoms with E-state index in [1.807, 2.05) is 0 Å². The minimum atomic E-state index is -3.13. The number of rotatable bonds is 4. The molecule has 2 aromatic carbocycles. The molecule has 23 heavy (non-hydrogen) atoms. The molecule has 0 N–H and O–H groups in total. The van der Waals surface area contributed by atoms with Crippen LogP contribution in [0, 0.1) is 0 Å². The fraction of sp³-hybridized carbons (Fsp3) is 0.444. The van der Waals surface area contributed by atoms with Crippen LogP contribution in [0.5, 0.6) is 0 Å². The zero-order valence-corrected chi connectivity index (χ0v) is 14.6. The molecule has 0 saturated carbocycles. The largest absolute Gasteiger partial charge is 0.297 e. The van der Waals surface area contributed by atoms with Gasteiger partial charge < -0.3 is 0 Å². The minimum absolute atomic E-state index is 0.0775. The summed E-state index contributed by atoms with van der Waals surface area (Å²) in [6, 6.07) is 14.9. The first-order valence-corrected chi connectivity index (χ1v) is 9.92. The third-order valence-electron chi connectivity index (χ3n) is 4.79. The first-order valence-electron chi connectivity index (χ1n) is 8.07. The molecule has 2 aromatic rings. The van der Waals surface area contributed by atoms with Crippen molar-refractivity contribution in [1.82, 2.24) is 9.21 Å². The smallest absolute Gasteiger partial charge is 0.211 e. The number of sulfonamides is 1. The van der Waals surface area contributed by atoms with Gasteiger partial charge in [0.2, 0.25) is 10.0 Å².